The van der Waals surface area contributed by atoms with Crippen LogP contribution in [0.3, 0.4) is 0 Å². The number of hydrogen-bond donors (Lipinski definition) is 2. The molecular weight excluding hydrogens is 353 g/mol. The second-order valence-corrected chi connectivity index (χ2v) is 6.17. The first-order valence-corrected chi connectivity index (χ1v) is 8.22. The van der Waals surface area contributed by atoms with E-state index in [-0.39, 0.29) is 13.4 Å². The fourth-order valence-electron chi connectivity index (χ4n) is 2.25. The second-order valence-electron chi connectivity index (χ2n) is 5.36. The number of benzene rings is 2. The number of hydrogen-bond acceptors (Lipinski definition) is 5. The average molecular weight is 370 g/mol. The number of rotatable bonds is 7. The summed E-state index contributed by atoms with van der Waals surface area (Å²) >= 11 is 11.8. The monoisotopic (exact) mass is 369 g/mol. The van der Waals surface area contributed by atoms with Crippen molar-refractivity contribution in [2.45, 2.75) is 12.6 Å². The Labute approximate surface area is 150 Å². The molecule has 0 bridgehead atoms. The van der Waals surface area contributed by atoms with Crippen LogP contribution in [-0.4, -0.2) is 31.2 Å². The van der Waals surface area contributed by atoms with Gasteiger partial charge < -0.3 is 24.6 Å². The molecule has 7 heteroatoms. The molecule has 2 aromatic rings. The molecule has 0 aromatic heterocycles. The van der Waals surface area contributed by atoms with Gasteiger partial charge in [-0.3, -0.25) is 0 Å². The average Bonchev–Trinajstić information content (AvgIpc) is 3.04. The predicted octanol–water partition coefficient (Wildman–Crippen LogP) is 3.25. The van der Waals surface area contributed by atoms with Gasteiger partial charge in [0.1, 0.15) is 18.5 Å². The summed E-state index contributed by atoms with van der Waals surface area (Å²) in [6.07, 6.45) is -0.645. The van der Waals surface area contributed by atoms with Gasteiger partial charge in [0.2, 0.25) is 6.79 Å². The SMILES string of the molecule is O[C@H](CNCc1ccc2c(c1)OCO2)COc1ccc(Cl)c(Cl)c1. The zero-order valence-corrected chi connectivity index (χ0v) is 14.3. The van der Waals surface area contributed by atoms with Crippen LogP contribution in [0.2, 0.25) is 10.0 Å². The van der Waals surface area contributed by atoms with Gasteiger partial charge in [0.25, 0.3) is 0 Å². The molecular formula is C17H17Cl2NO4. The smallest absolute Gasteiger partial charge is 0.231 e. The van der Waals surface area contributed by atoms with E-state index in [1.54, 1.807) is 18.2 Å². The predicted molar refractivity (Wildman–Crippen MR) is 92.2 cm³/mol. The van der Waals surface area contributed by atoms with E-state index >= 15 is 0 Å². The number of ether oxygens (including phenoxy) is 3. The van der Waals surface area contributed by atoms with E-state index in [0.717, 1.165) is 17.1 Å². The molecule has 1 aliphatic rings. The fourth-order valence-corrected chi connectivity index (χ4v) is 2.54. The molecule has 5 nitrogen and oxygen atoms in total. The lowest BCUT2D eigenvalue weighted by atomic mass is 10.2. The molecule has 128 valence electrons. The minimum atomic E-state index is -0.645. The zero-order chi connectivity index (χ0) is 16.9. The van der Waals surface area contributed by atoms with Crippen LogP contribution in [0.4, 0.5) is 0 Å². The van der Waals surface area contributed by atoms with Crippen LogP contribution in [0.1, 0.15) is 5.56 Å². The fraction of sp³-hybridized carbons (Fsp3) is 0.294. The first-order valence-electron chi connectivity index (χ1n) is 7.47. The summed E-state index contributed by atoms with van der Waals surface area (Å²) in [6.45, 7) is 1.43. The normalized spacial score (nSPS) is 13.8. The van der Waals surface area contributed by atoms with Gasteiger partial charge in [0.05, 0.1) is 10.0 Å². The number of aliphatic hydroxyl groups is 1. The molecule has 0 aliphatic carbocycles. The van der Waals surface area contributed by atoms with E-state index in [9.17, 15) is 5.11 Å². The Hall–Kier alpha value is -1.66. The van der Waals surface area contributed by atoms with Crippen molar-refractivity contribution in [3.63, 3.8) is 0 Å². The van der Waals surface area contributed by atoms with Crippen molar-refractivity contribution < 1.29 is 19.3 Å². The van der Waals surface area contributed by atoms with E-state index < -0.39 is 6.10 Å². The molecule has 2 N–H and O–H groups in total. The van der Waals surface area contributed by atoms with Crippen LogP contribution < -0.4 is 19.5 Å². The molecule has 3 rings (SSSR count). The van der Waals surface area contributed by atoms with Crippen molar-refractivity contribution in [1.82, 2.24) is 5.32 Å². The van der Waals surface area contributed by atoms with Gasteiger partial charge in [-0.1, -0.05) is 29.3 Å². The van der Waals surface area contributed by atoms with Crippen molar-refractivity contribution >= 4 is 23.2 Å². The van der Waals surface area contributed by atoms with E-state index in [1.807, 2.05) is 18.2 Å². The third kappa shape index (κ3) is 4.45. The summed E-state index contributed by atoms with van der Waals surface area (Å²) in [6, 6.07) is 10.7. The minimum Gasteiger partial charge on any atom is -0.491 e. The van der Waals surface area contributed by atoms with Gasteiger partial charge in [-0.05, 0) is 29.8 Å². The molecule has 0 saturated heterocycles. The molecule has 0 saturated carbocycles. The maximum atomic E-state index is 9.98. The van der Waals surface area contributed by atoms with Crippen LogP contribution in [0.15, 0.2) is 36.4 Å². The lowest BCUT2D eigenvalue weighted by Crippen LogP contribution is -2.31. The number of aliphatic hydroxyl groups excluding tert-OH is 1. The van der Waals surface area contributed by atoms with Gasteiger partial charge in [-0.15, -0.1) is 0 Å². The summed E-state index contributed by atoms with van der Waals surface area (Å²) in [7, 11) is 0. The van der Waals surface area contributed by atoms with E-state index in [1.165, 1.54) is 0 Å². The van der Waals surface area contributed by atoms with Gasteiger partial charge >= 0.3 is 0 Å². The van der Waals surface area contributed by atoms with Crippen LogP contribution in [-0.2, 0) is 6.54 Å². The highest BCUT2D eigenvalue weighted by Gasteiger charge is 2.13. The summed E-state index contributed by atoms with van der Waals surface area (Å²) in [4.78, 5) is 0. The highest BCUT2D eigenvalue weighted by molar-refractivity contribution is 6.42. The van der Waals surface area contributed by atoms with Crippen LogP contribution in [0.25, 0.3) is 0 Å². The number of fused-ring (bicyclic) bond motifs is 1. The van der Waals surface area contributed by atoms with E-state index in [2.05, 4.69) is 5.32 Å². The van der Waals surface area contributed by atoms with Crippen molar-refractivity contribution in [2.24, 2.45) is 0 Å². The molecule has 1 heterocycles. The highest BCUT2D eigenvalue weighted by atomic mass is 35.5. The summed E-state index contributed by atoms with van der Waals surface area (Å²) in [5.41, 5.74) is 1.05. The van der Waals surface area contributed by atoms with Crippen molar-refractivity contribution in [3.05, 3.63) is 52.0 Å². The molecule has 0 amide bonds. The quantitative estimate of drug-likeness (QED) is 0.784. The second kappa shape index (κ2) is 7.94. The first kappa shape index (κ1) is 17.2. The third-order valence-corrected chi connectivity index (χ3v) is 4.22. The lowest BCUT2D eigenvalue weighted by Gasteiger charge is -2.14. The Morgan fingerprint density at radius 3 is 2.75 bits per heavy atom. The molecule has 1 atom stereocenters. The van der Waals surface area contributed by atoms with Crippen LogP contribution in [0, 0.1) is 0 Å². The zero-order valence-electron chi connectivity index (χ0n) is 12.8. The lowest BCUT2D eigenvalue weighted by molar-refractivity contribution is 0.106. The molecule has 0 radical (unpaired) electrons. The summed E-state index contributed by atoms with van der Waals surface area (Å²) in [5, 5.41) is 14.0. The Morgan fingerprint density at radius 2 is 1.92 bits per heavy atom. The minimum absolute atomic E-state index is 0.159. The standard InChI is InChI=1S/C17H17Cl2NO4/c18-14-3-2-13(6-15(14)19)22-9-12(21)8-20-7-11-1-4-16-17(5-11)24-10-23-16/h1-6,12,20-21H,7-10H2/t12-/m1/s1. The van der Waals surface area contributed by atoms with Crippen LogP contribution >= 0.6 is 23.2 Å². The molecule has 24 heavy (non-hydrogen) atoms. The molecule has 0 fully saturated rings. The largest absolute Gasteiger partial charge is 0.491 e. The maximum Gasteiger partial charge on any atom is 0.231 e. The molecule has 0 spiro atoms. The van der Waals surface area contributed by atoms with Gasteiger partial charge in [0, 0.05) is 19.2 Å². The molecule has 1 aliphatic heterocycles. The molecule has 0 unspecified atom stereocenters. The Kier molecular flexibility index (Phi) is 5.68. The van der Waals surface area contributed by atoms with Crippen LogP contribution in [0.5, 0.6) is 17.2 Å². The molecule has 2 aromatic carbocycles. The van der Waals surface area contributed by atoms with Crippen molar-refractivity contribution in [2.75, 3.05) is 19.9 Å². The Morgan fingerprint density at radius 1 is 1.08 bits per heavy atom. The van der Waals surface area contributed by atoms with E-state index in [0.29, 0.717) is 28.9 Å². The maximum absolute atomic E-state index is 9.98. The van der Waals surface area contributed by atoms with Gasteiger partial charge in [-0.25, -0.2) is 0 Å². The third-order valence-electron chi connectivity index (χ3n) is 3.48. The summed E-state index contributed by atoms with van der Waals surface area (Å²) in [5.74, 6) is 2.07. The number of nitrogens with one attached hydrogen (secondary N) is 1. The van der Waals surface area contributed by atoms with Gasteiger partial charge in [0.15, 0.2) is 11.5 Å². The number of halogens is 2. The first-order chi connectivity index (χ1) is 11.6. The summed E-state index contributed by atoms with van der Waals surface area (Å²) < 4.78 is 16.1. The Balaban J connectivity index is 1.41. The van der Waals surface area contributed by atoms with Crippen molar-refractivity contribution in [1.29, 1.82) is 0 Å². The Bertz CT molecular complexity index is 711. The van der Waals surface area contributed by atoms with Gasteiger partial charge in [-0.2, -0.15) is 0 Å². The topological polar surface area (TPSA) is 60.0 Å². The highest BCUT2D eigenvalue weighted by Crippen LogP contribution is 2.32. The van der Waals surface area contributed by atoms with E-state index in [4.69, 9.17) is 37.4 Å². The van der Waals surface area contributed by atoms with Crippen molar-refractivity contribution in [3.8, 4) is 17.2 Å².